The number of carbonyl (C=O) groups is 2. The summed E-state index contributed by atoms with van der Waals surface area (Å²) in [6.07, 6.45) is 6.68. The second-order valence-electron chi connectivity index (χ2n) is 8.61. The highest BCUT2D eigenvalue weighted by molar-refractivity contribution is 14.0. The van der Waals surface area contributed by atoms with Crippen LogP contribution in [0, 0.1) is 23.7 Å². The number of likely N-dealkylation sites (tertiary alicyclic amines) is 1. The van der Waals surface area contributed by atoms with Crippen LogP contribution in [0.3, 0.4) is 0 Å². The molecule has 1 saturated carbocycles. The predicted octanol–water partition coefficient (Wildman–Crippen LogP) is 2.96. The van der Waals surface area contributed by atoms with Gasteiger partial charge in [-0.1, -0.05) is 30.4 Å². The number of aliphatic imine (C=N–C) groups is 1. The van der Waals surface area contributed by atoms with Crippen molar-refractivity contribution in [2.45, 2.75) is 19.3 Å². The quantitative estimate of drug-likeness (QED) is 0.139. The molecule has 1 aromatic carbocycles. The van der Waals surface area contributed by atoms with Gasteiger partial charge in [-0.3, -0.25) is 19.5 Å². The van der Waals surface area contributed by atoms with Gasteiger partial charge >= 0.3 is 0 Å². The van der Waals surface area contributed by atoms with Gasteiger partial charge in [0, 0.05) is 38.5 Å². The maximum Gasteiger partial charge on any atom is 0.233 e. The van der Waals surface area contributed by atoms with Gasteiger partial charge in [-0.25, -0.2) is 0 Å². The molecule has 2 aliphatic carbocycles. The maximum absolute atomic E-state index is 12.7. The highest BCUT2D eigenvalue weighted by atomic mass is 127. The van der Waals surface area contributed by atoms with E-state index < -0.39 is 0 Å². The Kier molecular flexibility index (Phi) is 6.88. The van der Waals surface area contributed by atoms with E-state index in [1.807, 2.05) is 24.3 Å². The van der Waals surface area contributed by atoms with Crippen molar-refractivity contribution in [3.63, 3.8) is 0 Å². The number of halogens is 1. The second-order valence-corrected chi connectivity index (χ2v) is 8.61. The van der Waals surface area contributed by atoms with E-state index in [1.54, 1.807) is 7.05 Å². The summed E-state index contributed by atoms with van der Waals surface area (Å²) in [5, 5.41) is 7.66. The topological polar surface area (TPSA) is 86.9 Å². The number of hydrogen-bond donors (Lipinski definition) is 2. The summed E-state index contributed by atoms with van der Waals surface area (Å²) < 4.78 is 5.84. The monoisotopic (exact) mass is 548 g/mol. The second kappa shape index (κ2) is 9.64. The molecule has 32 heavy (non-hydrogen) atoms. The van der Waals surface area contributed by atoms with Crippen molar-refractivity contribution in [1.29, 1.82) is 0 Å². The largest absolute Gasteiger partial charge is 0.461 e. The highest BCUT2D eigenvalue weighted by Gasteiger charge is 2.58. The molecule has 2 aromatic rings. The molecule has 2 amide bonds. The van der Waals surface area contributed by atoms with Crippen molar-refractivity contribution < 1.29 is 14.0 Å². The zero-order chi connectivity index (χ0) is 21.4. The first-order valence-electron chi connectivity index (χ1n) is 11.1. The molecule has 4 atom stereocenters. The molecular formula is C24H29IN4O3. The lowest BCUT2D eigenvalue weighted by atomic mass is 9.85. The smallest absolute Gasteiger partial charge is 0.233 e. The Bertz CT molecular complexity index is 999. The number of rotatable bonds is 7. The Labute approximate surface area is 204 Å². The lowest BCUT2D eigenvalue weighted by Crippen LogP contribution is -2.40. The summed E-state index contributed by atoms with van der Waals surface area (Å²) in [4.78, 5) is 31.2. The summed E-state index contributed by atoms with van der Waals surface area (Å²) in [6, 6.07) is 10.0. The predicted molar refractivity (Wildman–Crippen MR) is 134 cm³/mol. The van der Waals surface area contributed by atoms with Gasteiger partial charge in [0.2, 0.25) is 11.8 Å². The molecule has 170 valence electrons. The number of carbonyl (C=O) groups excluding carboxylic acids is 2. The van der Waals surface area contributed by atoms with Gasteiger partial charge in [0.05, 0.1) is 11.8 Å². The van der Waals surface area contributed by atoms with Crippen LogP contribution in [-0.2, 0) is 16.0 Å². The van der Waals surface area contributed by atoms with Gasteiger partial charge in [0.25, 0.3) is 0 Å². The van der Waals surface area contributed by atoms with Gasteiger partial charge in [-0.15, -0.1) is 24.0 Å². The fourth-order valence-electron chi connectivity index (χ4n) is 5.31. The molecular weight excluding hydrogens is 519 g/mol. The summed E-state index contributed by atoms with van der Waals surface area (Å²) in [6.45, 7) is 1.80. The van der Waals surface area contributed by atoms with Crippen molar-refractivity contribution in [2.75, 3.05) is 26.7 Å². The van der Waals surface area contributed by atoms with Gasteiger partial charge in [-0.2, -0.15) is 0 Å². The van der Waals surface area contributed by atoms with Crippen LogP contribution in [0.2, 0.25) is 0 Å². The van der Waals surface area contributed by atoms with E-state index in [0.717, 1.165) is 29.6 Å². The highest BCUT2D eigenvalue weighted by Crippen LogP contribution is 2.52. The number of para-hydroxylation sites is 1. The van der Waals surface area contributed by atoms with E-state index in [1.165, 1.54) is 4.90 Å². The molecule has 8 heteroatoms. The van der Waals surface area contributed by atoms with Gasteiger partial charge in [0.1, 0.15) is 11.3 Å². The minimum atomic E-state index is -0.108. The van der Waals surface area contributed by atoms with Gasteiger partial charge < -0.3 is 15.1 Å². The molecule has 2 fully saturated rings. The number of nitrogens with one attached hydrogen (secondary N) is 2. The molecule has 5 rings (SSSR count). The Morgan fingerprint density at radius 3 is 2.47 bits per heavy atom. The Morgan fingerprint density at radius 1 is 1.09 bits per heavy atom. The number of nitrogens with zero attached hydrogens (tertiary/aromatic N) is 2. The van der Waals surface area contributed by atoms with E-state index in [-0.39, 0.29) is 59.5 Å². The molecule has 1 aliphatic heterocycles. The average Bonchev–Trinajstić information content (AvgIpc) is 3.54. The van der Waals surface area contributed by atoms with E-state index >= 15 is 0 Å². The molecule has 3 aliphatic rings. The van der Waals surface area contributed by atoms with Crippen molar-refractivity contribution in [2.24, 2.45) is 28.7 Å². The van der Waals surface area contributed by atoms with Crippen LogP contribution in [0.5, 0.6) is 0 Å². The number of furan rings is 1. The molecule has 2 bridgehead atoms. The summed E-state index contributed by atoms with van der Waals surface area (Å²) >= 11 is 0. The average molecular weight is 548 g/mol. The number of hydrogen-bond acceptors (Lipinski definition) is 4. The third kappa shape index (κ3) is 4.16. The number of fused-ring (bicyclic) bond motifs is 6. The molecule has 7 nitrogen and oxygen atoms in total. The SMILES string of the molecule is CN=C(NCCCN1C(=O)C2C3C=CC(C3)C2C1=O)NCCc1cc2ccccc2o1.I. The van der Waals surface area contributed by atoms with Crippen LogP contribution in [0.4, 0.5) is 0 Å². The van der Waals surface area contributed by atoms with Crippen LogP contribution in [-0.4, -0.2) is 49.4 Å². The zero-order valence-corrected chi connectivity index (χ0v) is 20.5. The van der Waals surface area contributed by atoms with Crippen LogP contribution < -0.4 is 10.6 Å². The Balaban J connectivity index is 0.00000245. The number of amides is 2. The minimum absolute atomic E-state index is 0. The summed E-state index contributed by atoms with van der Waals surface area (Å²) in [7, 11) is 1.73. The summed E-state index contributed by atoms with van der Waals surface area (Å²) in [5.41, 5.74) is 0.902. The molecule has 2 heterocycles. The van der Waals surface area contributed by atoms with Crippen LogP contribution in [0.1, 0.15) is 18.6 Å². The van der Waals surface area contributed by atoms with E-state index in [0.29, 0.717) is 32.0 Å². The minimum Gasteiger partial charge on any atom is -0.461 e. The van der Waals surface area contributed by atoms with Crippen LogP contribution >= 0.6 is 24.0 Å². The fraction of sp³-hybridized carbons (Fsp3) is 0.458. The summed E-state index contributed by atoms with van der Waals surface area (Å²) in [5.74, 6) is 2.01. The Hall–Kier alpha value is -2.36. The molecule has 1 aromatic heterocycles. The number of imide groups is 1. The zero-order valence-electron chi connectivity index (χ0n) is 18.1. The van der Waals surface area contributed by atoms with Gasteiger partial charge in [0.15, 0.2) is 5.96 Å². The first-order valence-corrected chi connectivity index (χ1v) is 11.1. The number of benzene rings is 1. The fourth-order valence-corrected chi connectivity index (χ4v) is 5.31. The Morgan fingerprint density at radius 2 is 1.78 bits per heavy atom. The van der Waals surface area contributed by atoms with Gasteiger partial charge in [-0.05, 0) is 36.8 Å². The number of guanidine groups is 1. The molecule has 4 unspecified atom stereocenters. The third-order valence-electron chi connectivity index (χ3n) is 6.78. The van der Waals surface area contributed by atoms with Crippen LogP contribution in [0.25, 0.3) is 11.0 Å². The molecule has 1 saturated heterocycles. The van der Waals surface area contributed by atoms with Crippen LogP contribution in [0.15, 0.2) is 51.9 Å². The molecule has 0 spiro atoms. The van der Waals surface area contributed by atoms with E-state index in [9.17, 15) is 9.59 Å². The normalized spacial score (nSPS) is 26.0. The molecule has 2 N–H and O–H groups in total. The van der Waals surface area contributed by atoms with Crippen molar-refractivity contribution in [3.05, 3.63) is 48.2 Å². The van der Waals surface area contributed by atoms with E-state index in [4.69, 9.17) is 4.42 Å². The van der Waals surface area contributed by atoms with Crippen molar-refractivity contribution >= 4 is 52.7 Å². The molecule has 0 radical (unpaired) electrons. The third-order valence-corrected chi connectivity index (χ3v) is 6.78. The first kappa shape index (κ1) is 22.8. The van der Waals surface area contributed by atoms with E-state index in [2.05, 4.69) is 33.8 Å². The number of allylic oxidation sites excluding steroid dienone is 2. The lowest BCUT2D eigenvalue weighted by Gasteiger charge is -2.18. The lowest BCUT2D eigenvalue weighted by molar-refractivity contribution is -0.140. The standard InChI is InChI=1S/C24H28N4O3.HI/c1-25-24(27-11-9-18-14-15-5-2-3-6-19(15)31-18)26-10-4-12-28-22(29)20-16-7-8-17(13-16)21(20)23(28)30;/h2-3,5-8,14,16-17,20-21H,4,9-13H2,1H3,(H2,25,26,27);1H. The van der Waals surface area contributed by atoms with Crippen molar-refractivity contribution in [3.8, 4) is 0 Å². The van der Waals surface area contributed by atoms with Crippen molar-refractivity contribution in [1.82, 2.24) is 15.5 Å². The first-order chi connectivity index (χ1) is 15.2. The maximum atomic E-state index is 12.7.